The van der Waals surface area contributed by atoms with Crippen molar-refractivity contribution in [3.63, 3.8) is 0 Å². The number of hydrogen-bond donors (Lipinski definition) is 0. The van der Waals surface area contributed by atoms with Gasteiger partial charge < -0.3 is 4.74 Å². The van der Waals surface area contributed by atoms with Gasteiger partial charge in [-0.15, -0.1) is 3.96 Å². The van der Waals surface area contributed by atoms with E-state index in [2.05, 4.69) is 0 Å². The van der Waals surface area contributed by atoms with Crippen molar-refractivity contribution in [3.05, 3.63) is 58.9 Å². The van der Waals surface area contributed by atoms with E-state index in [0.717, 1.165) is 20.7 Å². The second-order valence-corrected chi connectivity index (χ2v) is 6.29. The highest BCUT2D eigenvalue weighted by Gasteiger charge is 2.23. The molecule has 0 aliphatic heterocycles. The summed E-state index contributed by atoms with van der Waals surface area (Å²) in [6.07, 6.45) is 0. The average Bonchev–Trinajstić information content (AvgIpc) is 2.72. The summed E-state index contributed by atoms with van der Waals surface area (Å²) >= 11 is 0. The lowest BCUT2D eigenvalue weighted by Crippen LogP contribution is -2.09. The highest BCUT2D eigenvalue weighted by atomic mass is 32.2. The summed E-state index contributed by atoms with van der Waals surface area (Å²) in [5.74, 6) is 0.828. The maximum atomic E-state index is 12.2. The molecule has 0 spiro atoms. The monoisotopic (exact) mass is 272 g/mol. The van der Waals surface area contributed by atoms with Crippen LogP contribution in [0.15, 0.2) is 53.3 Å². The molecular formula is C15H14NO2S+. The van der Waals surface area contributed by atoms with Crippen LogP contribution < -0.4 is 10.3 Å². The van der Waals surface area contributed by atoms with Crippen molar-refractivity contribution < 1.29 is 4.74 Å². The molecule has 3 aromatic rings. The van der Waals surface area contributed by atoms with Gasteiger partial charge in [-0.3, -0.25) is 4.79 Å². The van der Waals surface area contributed by atoms with Gasteiger partial charge in [-0.2, -0.15) is 0 Å². The van der Waals surface area contributed by atoms with Crippen LogP contribution in [-0.4, -0.2) is 11.1 Å². The van der Waals surface area contributed by atoms with Crippen molar-refractivity contribution in [2.24, 2.45) is 7.05 Å². The molecule has 0 N–H and O–H groups in total. The smallest absolute Gasteiger partial charge is 0.304 e. The molecule has 1 heterocycles. The molecule has 0 amide bonds. The van der Waals surface area contributed by atoms with E-state index in [1.807, 2.05) is 59.5 Å². The van der Waals surface area contributed by atoms with E-state index in [1.54, 1.807) is 7.11 Å². The van der Waals surface area contributed by atoms with Gasteiger partial charge in [-0.05, 0) is 18.2 Å². The van der Waals surface area contributed by atoms with Gasteiger partial charge in [0.15, 0.2) is 0 Å². The van der Waals surface area contributed by atoms with E-state index in [-0.39, 0.29) is 16.2 Å². The molecule has 2 aromatic carbocycles. The van der Waals surface area contributed by atoms with Crippen LogP contribution in [0.25, 0.3) is 15.0 Å². The van der Waals surface area contributed by atoms with Crippen molar-refractivity contribution in [2.75, 3.05) is 7.11 Å². The number of fused-ring (bicyclic) bond motifs is 1. The summed E-state index contributed by atoms with van der Waals surface area (Å²) in [5, 5.41) is 0.809. The van der Waals surface area contributed by atoms with Gasteiger partial charge in [0.2, 0.25) is 9.60 Å². The first kappa shape index (κ1) is 12.0. The van der Waals surface area contributed by atoms with E-state index in [9.17, 15) is 4.79 Å². The van der Waals surface area contributed by atoms with Crippen molar-refractivity contribution in [1.82, 2.24) is 3.96 Å². The van der Waals surface area contributed by atoms with Crippen LogP contribution >= 0.6 is 10.7 Å². The number of benzene rings is 2. The second-order valence-electron chi connectivity index (χ2n) is 4.26. The van der Waals surface area contributed by atoms with E-state index in [1.165, 1.54) is 0 Å². The lowest BCUT2D eigenvalue weighted by atomic mass is 10.3. The lowest BCUT2D eigenvalue weighted by Gasteiger charge is -1.98. The minimum absolute atomic E-state index is 0.0924. The summed E-state index contributed by atoms with van der Waals surface area (Å²) in [7, 11) is 3.18. The zero-order valence-corrected chi connectivity index (χ0v) is 11.6. The van der Waals surface area contributed by atoms with Gasteiger partial charge in [0.25, 0.3) is 0 Å². The first-order valence-electron chi connectivity index (χ1n) is 5.98. The predicted octanol–water partition coefficient (Wildman–Crippen LogP) is 3.29. The number of aromatic nitrogens is 1. The molecule has 96 valence electrons. The molecule has 3 rings (SSSR count). The minimum atomic E-state index is -0.322. The Bertz CT molecular complexity index is 784. The van der Waals surface area contributed by atoms with Crippen LogP contribution in [0, 0.1) is 0 Å². The van der Waals surface area contributed by atoms with Gasteiger partial charge >= 0.3 is 5.56 Å². The Balaban J connectivity index is 2.29. The molecule has 0 radical (unpaired) electrons. The molecule has 3 nitrogen and oxygen atoms in total. The Morgan fingerprint density at radius 2 is 1.74 bits per heavy atom. The molecular weight excluding hydrogens is 258 g/mol. The summed E-state index contributed by atoms with van der Waals surface area (Å²) in [6, 6.07) is 15.7. The van der Waals surface area contributed by atoms with E-state index in [4.69, 9.17) is 4.74 Å². The minimum Gasteiger partial charge on any atom is -0.497 e. The molecule has 19 heavy (non-hydrogen) atoms. The maximum Gasteiger partial charge on any atom is 0.304 e. The highest BCUT2D eigenvalue weighted by molar-refractivity contribution is 7.41. The molecule has 0 saturated heterocycles. The molecule has 0 bridgehead atoms. The number of rotatable bonds is 2. The topological polar surface area (TPSA) is 31.2 Å². The van der Waals surface area contributed by atoms with Crippen molar-refractivity contribution in [3.8, 4) is 10.6 Å². The molecule has 1 unspecified atom stereocenters. The largest absolute Gasteiger partial charge is 0.497 e. The molecule has 0 aliphatic carbocycles. The average molecular weight is 272 g/mol. The van der Waals surface area contributed by atoms with E-state index in [0.29, 0.717) is 0 Å². The SMILES string of the molecule is COc1ccc(-[s+]2c3ccccc3c(=O)n2C)cc1. The fraction of sp³-hybridized carbons (Fsp3) is 0.133. The number of ether oxygens (including phenoxy) is 1. The zero-order valence-electron chi connectivity index (χ0n) is 10.8. The fourth-order valence-electron chi connectivity index (χ4n) is 2.20. The number of methoxy groups -OCH3 is 1. The molecule has 0 fully saturated rings. The van der Waals surface area contributed by atoms with Crippen molar-refractivity contribution in [2.45, 2.75) is 0 Å². The second kappa shape index (κ2) is 4.55. The number of hydrogen-bond acceptors (Lipinski definition) is 2. The molecule has 4 heteroatoms. The van der Waals surface area contributed by atoms with Crippen LogP contribution in [0.4, 0.5) is 0 Å². The van der Waals surface area contributed by atoms with Gasteiger partial charge in [-0.25, -0.2) is 0 Å². The Labute approximate surface area is 113 Å². The van der Waals surface area contributed by atoms with Gasteiger partial charge in [0.1, 0.15) is 21.8 Å². The fourth-order valence-corrected chi connectivity index (χ4v) is 4.30. The normalized spacial score (nSPS) is 11.8. The lowest BCUT2D eigenvalue weighted by molar-refractivity contribution is 0.415. The first-order valence-corrected chi connectivity index (χ1v) is 7.16. The third-order valence-corrected chi connectivity index (χ3v) is 5.37. The maximum absolute atomic E-state index is 12.2. The Hall–Kier alpha value is -2.07. The van der Waals surface area contributed by atoms with E-state index < -0.39 is 0 Å². The molecule has 1 atom stereocenters. The first-order chi connectivity index (χ1) is 9.22. The Morgan fingerprint density at radius 1 is 1.05 bits per heavy atom. The molecule has 0 saturated carbocycles. The van der Waals surface area contributed by atoms with E-state index >= 15 is 0 Å². The van der Waals surface area contributed by atoms with Crippen LogP contribution in [-0.2, 0) is 7.05 Å². The van der Waals surface area contributed by atoms with Crippen molar-refractivity contribution >= 4 is 20.8 Å². The third kappa shape index (κ3) is 1.85. The Kier molecular flexibility index (Phi) is 2.87. The van der Waals surface area contributed by atoms with Gasteiger partial charge in [-0.1, -0.05) is 12.1 Å². The molecule has 1 aromatic heterocycles. The quantitative estimate of drug-likeness (QED) is 0.670. The van der Waals surface area contributed by atoms with Crippen LogP contribution in [0.3, 0.4) is 0 Å². The summed E-state index contributed by atoms with van der Waals surface area (Å²) in [4.78, 5) is 13.3. The van der Waals surface area contributed by atoms with Crippen molar-refractivity contribution in [1.29, 1.82) is 0 Å². The standard InChI is InChI=1S/C15H14NO2S/c1-16-15(17)13-5-3-4-6-14(13)19(16)12-9-7-11(18-2)8-10-12/h3-10H,1-2H3/q+1. The van der Waals surface area contributed by atoms with Crippen LogP contribution in [0.5, 0.6) is 5.75 Å². The van der Waals surface area contributed by atoms with Crippen LogP contribution in [0.2, 0.25) is 0 Å². The Morgan fingerprint density at radius 3 is 2.42 bits per heavy atom. The summed E-state index contributed by atoms with van der Waals surface area (Å²) in [5.41, 5.74) is 0.0924. The highest BCUT2D eigenvalue weighted by Crippen LogP contribution is 2.37. The summed E-state index contributed by atoms with van der Waals surface area (Å²) in [6.45, 7) is 0. The zero-order chi connectivity index (χ0) is 13.4. The molecule has 0 aliphatic rings. The summed E-state index contributed by atoms with van der Waals surface area (Å²) < 4.78 is 8.08. The van der Waals surface area contributed by atoms with Gasteiger partial charge in [0.05, 0.1) is 14.2 Å². The van der Waals surface area contributed by atoms with Gasteiger partial charge in [0, 0.05) is 18.2 Å². The van der Waals surface area contributed by atoms with Crippen LogP contribution in [0.1, 0.15) is 0 Å². The predicted molar refractivity (Wildman–Crippen MR) is 79.6 cm³/mol. The third-order valence-electron chi connectivity index (χ3n) is 3.17. The number of nitrogens with zero attached hydrogens (tertiary/aromatic N) is 1.